The monoisotopic (exact) mass is 392 g/mol. The lowest BCUT2D eigenvalue weighted by atomic mass is 10.1. The molecule has 0 saturated carbocycles. The van der Waals surface area contributed by atoms with Crippen molar-refractivity contribution in [2.75, 3.05) is 5.32 Å². The maximum absolute atomic E-state index is 12.4. The summed E-state index contributed by atoms with van der Waals surface area (Å²) < 4.78 is 0. The van der Waals surface area contributed by atoms with E-state index in [1.54, 1.807) is 24.3 Å². The van der Waals surface area contributed by atoms with Crippen LogP contribution in [-0.4, -0.2) is 17.6 Å². The molecule has 0 aliphatic carbocycles. The summed E-state index contributed by atoms with van der Waals surface area (Å²) in [6.45, 7) is 0.304. The SMILES string of the molecule is O=C(CCC(=O)c1cccs1)NCc1cccc(C(=O)Nc2ccccc2)c1. The predicted octanol–water partition coefficient (Wildman–Crippen LogP) is 4.28. The minimum atomic E-state index is -0.207. The predicted molar refractivity (Wildman–Crippen MR) is 111 cm³/mol. The molecule has 6 heteroatoms. The van der Waals surface area contributed by atoms with Gasteiger partial charge in [0, 0.05) is 30.6 Å². The van der Waals surface area contributed by atoms with E-state index in [0.29, 0.717) is 17.0 Å². The van der Waals surface area contributed by atoms with Crippen molar-refractivity contribution in [3.05, 3.63) is 88.1 Å². The number of benzene rings is 2. The van der Waals surface area contributed by atoms with E-state index >= 15 is 0 Å². The first kappa shape index (κ1) is 19.5. The number of nitrogens with one attached hydrogen (secondary N) is 2. The molecule has 1 heterocycles. The second-order valence-corrected chi connectivity index (χ2v) is 7.15. The average Bonchev–Trinajstić information content (AvgIpc) is 3.26. The van der Waals surface area contributed by atoms with Crippen molar-refractivity contribution in [3.8, 4) is 0 Å². The first-order valence-corrected chi connectivity index (χ1v) is 9.78. The molecular weight excluding hydrogens is 372 g/mol. The van der Waals surface area contributed by atoms with E-state index in [4.69, 9.17) is 0 Å². The Labute approximate surface area is 167 Å². The summed E-state index contributed by atoms with van der Waals surface area (Å²) in [6, 6.07) is 19.9. The summed E-state index contributed by atoms with van der Waals surface area (Å²) >= 11 is 1.38. The van der Waals surface area contributed by atoms with Crippen molar-refractivity contribution in [3.63, 3.8) is 0 Å². The average molecular weight is 392 g/mol. The molecule has 1 aromatic heterocycles. The summed E-state index contributed by atoms with van der Waals surface area (Å²) in [7, 11) is 0. The van der Waals surface area contributed by atoms with Crippen molar-refractivity contribution < 1.29 is 14.4 Å². The van der Waals surface area contributed by atoms with Gasteiger partial charge in [-0.2, -0.15) is 0 Å². The van der Waals surface area contributed by atoms with E-state index in [0.717, 1.165) is 11.3 Å². The van der Waals surface area contributed by atoms with E-state index < -0.39 is 0 Å². The highest BCUT2D eigenvalue weighted by Crippen LogP contribution is 2.13. The van der Waals surface area contributed by atoms with Gasteiger partial charge < -0.3 is 10.6 Å². The lowest BCUT2D eigenvalue weighted by Gasteiger charge is -2.08. The molecule has 0 saturated heterocycles. The summed E-state index contributed by atoms with van der Waals surface area (Å²) in [6.07, 6.45) is 0.330. The topological polar surface area (TPSA) is 75.3 Å². The largest absolute Gasteiger partial charge is 0.352 e. The molecule has 0 atom stereocenters. The third-order valence-electron chi connectivity index (χ3n) is 4.09. The zero-order chi connectivity index (χ0) is 19.8. The first-order chi connectivity index (χ1) is 13.6. The lowest BCUT2D eigenvalue weighted by Crippen LogP contribution is -2.23. The highest BCUT2D eigenvalue weighted by Gasteiger charge is 2.11. The Morgan fingerprint density at radius 1 is 0.857 bits per heavy atom. The molecular formula is C22H20N2O3S. The minimum absolute atomic E-state index is 0.0234. The van der Waals surface area contributed by atoms with Crippen LogP contribution in [-0.2, 0) is 11.3 Å². The molecule has 0 unspecified atom stereocenters. The Kier molecular flexibility index (Phi) is 6.70. The van der Waals surface area contributed by atoms with Crippen molar-refractivity contribution in [1.29, 1.82) is 0 Å². The number of Topliss-reactive ketones (excluding diaryl/α,β-unsaturated/α-hetero) is 1. The number of carbonyl (C=O) groups is 3. The van der Waals surface area contributed by atoms with Crippen LogP contribution in [0.2, 0.25) is 0 Å². The fourth-order valence-corrected chi connectivity index (χ4v) is 3.32. The van der Waals surface area contributed by atoms with Crippen LogP contribution in [0.3, 0.4) is 0 Å². The fourth-order valence-electron chi connectivity index (χ4n) is 2.62. The second kappa shape index (κ2) is 9.62. The van der Waals surface area contributed by atoms with Crippen LogP contribution in [0.25, 0.3) is 0 Å². The number of ketones is 1. The van der Waals surface area contributed by atoms with Crippen LogP contribution in [0.5, 0.6) is 0 Å². The standard InChI is InChI=1S/C22H20N2O3S/c25-19(20-10-5-13-28-20)11-12-21(26)23-15-16-6-4-7-17(14-16)22(27)24-18-8-2-1-3-9-18/h1-10,13-14H,11-12,15H2,(H,23,26)(H,24,27). The number of carbonyl (C=O) groups excluding carboxylic acids is 3. The molecule has 0 fully saturated rings. The van der Waals surface area contributed by atoms with Crippen molar-refractivity contribution in [2.24, 2.45) is 0 Å². The van der Waals surface area contributed by atoms with Crippen LogP contribution in [0.15, 0.2) is 72.1 Å². The third kappa shape index (κ3) is 5.62. The van der Waals surface area contributed by atoms with Gasteiger partial charge in [-0.25, -0.2) is 0 Å². The first-order valence-electron chi connectivity index (χ1n) is 8.90. The number of para-hydroxylation sites is 1. The molecule has 5 nitrogen and oxygen atoms in total. The third-order valence-corrected chi connectivity index (χ3v) is 5.00. The van der Waals surface area contributed by atoms with E-state index in [-0.39, 0.29) is 30.4 Å². The van der Waals surface area contributed by atoms with Crippen LogP contribution >= 0.6 is 11.3 Å². The molecule has 28 heavy (non-hydrogen) atoms. The van der Waals surface area contributed by atoms with Crippen molar-refractivity contribution in [2.45, 2.75) is 19.4 Å². The van der Waals surface area contributed by atoms with Crippen LogP contribution in [0.1, 0.15) is 38.4 Å². The van der Waals surface area contributed by atoms with Gasteiger partial charge in [-0.3, -0.25) is 14.4 Å². The molecule has 2 aromatic carbocycles. The minimum Gasteiger partial charge on any atom is -0.352 e. The highest BCUT2D eigenvalue weighted by atomic mass is 32.1. The van der Waals surface area contributed by atoms with Crippen LogP contribution < -0.4 is 10.6 Å². The van der Waals surface area contributed by atoms with Crippen molar-refractivity contribution >= 4 is 34.6 Å². The lowest BCUT2D eigenvalue weighted by molar-refractivity contribution is -0.121. The molecule has 0 aliphatic heterocycles. The Hall–Kier alpha value is -3.25. The smallest absolute Gasteiger partial charge is 0.255 e. The zero-order valence-electron chi connectivity index (χ0n) is 15.2. The summed E-state index contributed by atoms with van der Waals surface area (Å²) in [5, 5.41) is 7.47. The van der Waals surface area contributed by atoms with Gasteiger partial charge in [0.15, 0.2) is 5.78 Å². The number of hydrogen-bond acceptors (Lipinski definition) is 4. The molecule has 0 bridgehead atoms. The summed E-state index contributed by atoms with van der Waals surface area (Å²) in [5.74, 6) is -0.422. The Morgan fingerprint density at radius 3 is 2.43 bits per heavy atom. The Bertz CT molecular complexity index is 953. The normalized spacial score (nSPS) is 10.3. The number of thiophene rings is 1. The van der Waals surface area contributed by atoms with E-state index in [1.807, 2.05) is 47.8 Å². The van der Waals surface area contributed by atoms with Gasteiger partial charge in [-0.15, -0.1) is 11.3 Å². The number of hydrogen-bond donors (Lipinski definition) is 2. The maximum atomic E-state index is 12.4. The van der Waals surface area contributed by atoms with E-state index in [2.05, 4.69) is 10.6 Å². The van der Waals surface area contributed by atoms with Gasteiger partial charge in [0.1, 0.15) is 0 Å². The second-order valence-electron chi connectivity index (χ2n) is 6.20. The van der Waals surface area contributed by atoms with Crippen LogP contribution in [0, 0.1) is 0 Å². The molecule has 3 aromatic rings. The molecule has 2 N–H and O–H groups in total. The number of amides is 2. The number of rotatable bonds is 8. The Morgan fingerprint density at radius 2 is 1.68 bits per heavy atom. The van der Waals surface area contributed by atoms with Gasteiger partial charge >= 0.3 is 0 Å². The van der Waals surface area contributed by atoms with Gasteiger partial charge in [0.25, 0.3) is 5.91 Å². The Balaban J connectivity index is 1.49. The fraction of sp³-hybridized carbons (Fsp3) is 0.136. The van der Waals surface area contributed by atoms with Crippen molar-refractivity contribution in [1.82, 2.24) is 5.32 Å². The summed E-state index contributed by atoms with van der Waals surface area (Å²) in [4.78, 5) is 37.0. The highest BCUT2D eigenvalue weighted by molar-refractivity contribution is 7.12. The van der Waals surface area contributed by atoms with Gasteiger partial charge in [0.05, 0.1) is 4.88 Å². The van der Waals surface area contributed by atoms with Crippen LogP contribution in [0.4, 0.5) is 5.69 Å². The molecule has 0 aliphatic rings. The molecule has 142 valence electrons. The van der Waals surface area contributed by atoms with Gasteiger partial charge in [0.2, 0.25) is 5.91 Å². The van der Waals surface area contributed by atoms with E-state index in [1.165, 1.54) is 11.3 Å². The summed E-state index contributed by atoms with van der Waals surface area (Å²) in [5.41, 5.74) is 2.06. The maximum Gasteiger partial charge on any atom is 0.255 e. The number of anilines is 1. The molecule has 0 radical (unpaired) electrons. The van der Waals surface area contributed by atoms with Gasteiger partial charge in [-0.1, -0.05) is 36.4 Å². The molecule has 3 rings (SSSR count). The quantitative estimate of drug-likeness (QED) is 0.562. The zero-order valence-corrected chi connectivity index (χ0v) is 16.0. The van der Waals surface area contributed by atoms with Gasteiger partial charge in [-0.05, 0) is 41.3 Å². The molecule has 2 amide bonds. The van der Waals surface area contributed by atoms with E-state index in [9.17, 15) is 14.4 Å². The molecule has 0 spiro atoms.